The third-order valence-electron chi connectivity index (χ3n) is 9.17. The standard InChI is InChI=1S/C41H40F5N3O3S/c1-27-6-15-34-36(22-27)49(39(23-37(34)50)53-26-31-4-3-5-35(42)40(31)43)25-38(51)48(33-16-18-47(19-17-33)20-21-52-2)24-28-7-9-29(10-8-28)30-11-13-32(14-12-30)41(44,45)46/h3-15,22-23,33H,16-21,24-26H2,1-2H3/i6D,15D,21D2,22D,23D. The van der Waals surface area contributed by atoms with Crippen molar-refractivity contribution >= 4 is 28.6 Å². The molecule has 6 rings (SSSR count). The summed E-state index contributed by atoms with van der Waals surface area (Å²) in [4.78, 5) is 32.0. The molecule has 1 saturated heterocycles. The van der Waals surface area contributed by atoms with E-state index in [9.17, 15) is 31.5 Å². The van der Waals surface area contributed by atoms with Crippen molar-refractivity contribution in [1.82, 2.24) is 14.4 Å². The van der Waals surface area contributed by atoms with Gasteiger partial charge in [0.15, 0.2) is 17.1 Å². The molecule has 0 bridgehead atoms. The first-order chi connectivity index (χ1) is 27.8. The topological polar surface area (TPSA) is 54.8 Å². The van der Waals surface area contributed by atoms with E-state index in [1.165, 1.54) is 42.9 Å². The average molecular weight is 756 g/mol. The number of hydrogen-bond donors (Lipinski definition) is 0. The zero-order valence-electron chi connectivity index (χ0n) is 34.9. The molecule has 1 aliphatic rings. The van der Waals surface area contributed by atoms with Gasteiger partial charge in [-0.2, -0.15) is 13.2 Å². The van der Waals surface area contributed by atoms with E-state index in [1.807, 2.05) is 4.90 Å². The Kier molecular flexibility index (Phi) is 9.71. The molecule has 6 nitrogen and oxygen atoms in total. The number of methoxy groups -OCH3 is 1. The molecule has 0 unspecified atom stereocenters. The van der Waals surface area contributed by atoms with Gasteiger partial charge >= 0.3 is 6.18 Å². The van der Waals surface area contributed by atoms with Gasteiger partial charge in [-0.05, 0) is 72.3 Å². The Balaban J connectivity index is 1.39. The molecule has 1 aliphatic heterocycles. The maximum absolute atomic E-state index is 14.8. The number of hydrogen-bond acceptors (Lipinski definition) is 5. The minimum Gasteiger partial charge on any atom is -0.383 e. The highest BCUT2D eigenvalue weighted by Crippen LogP contribution is 2.32. The van der Waals surface area contributed by atoms with Crippen LogP contribution in [0.2, 0.25) is 0 Å². The monoisotopic (exact) mass is 755 g/mol. The lowest BCUT2D eigenvalue weighted by Crippen LogP contribution is -2.48. The van der Waals surface area contributed by atoms with Gasteiger partial charge in [0.2, 0.25) is 5.91 Å². The van der Waals surface area contributed by atoms with Crippen molar-refractivity contribution in [3.8, 4) is 11.1 Å². The highest BCUT2D eigenvalue weighted by Gasteiger charge is 2.31. The molecule has 1 amide bonds. The molecule has 0 saturated carbocycles. The van der Waals surface area contributed by atoms with Crippen molar-refractivity contribution in [3.63, 3.8) is 0 Å². The molecule has 0 aliphatic carbocycles. The van der Waals surface area contributed by atoms with E-state index in [0.717, 1.165) is 30.0 Å². The molecule has 0 spiro atoms. The summed E-state index contributed by atoms with van der Waals surface area (Å²) in [6, 6.07) is 13.0. The Bertz CT molecular complexity index is 2430. The molecule has 53 heavy (non-hydrogen) atoms. The number of rotatable bonds is 12. The number of fused-ring (bicyclic) bond motifs is 1. The van der Waals surface area contributed by atoms with E-state index in [0.29, 0.717) is 42.6 Å². The van der Waals surface area contributed by atoms with E-state index in [1.54, 1.807) is 29.2 Å². The Morgan fingerprint density at radius 3 is 2.34 bits per heavy atom. The first-order valence-electron chi connectivity index (χ1n) is 19.8. The van der Waals surface area contributed by atoms with Crippen molar-refractivity contribution in [2.24, 2.45) is 0 Å². The average Bonchev–Trinajstić information content (AvgIpc) is 3.21. The Labute approximate surface area is 317 Å². The third-order valence-corrected chi connectivity index (χ3v) is 10.2. The summed E-state index contributed by atoms with van der Waals surface area (Å²) < 4.78 is 126. The molecular weight excluding hydrogens is 710 g/mol. The van der Waals surface area contributed by atoms with Crippen LogP contribution in [-0.2, 0) is 34.6 Å². The summed E-state index contributed by atoms with van der Waals surface area (Å²) in [5.41, 5.74) is -0.0527. The predicted octanol–water partition coefficient (Wildman–Crippen LogP) is 8.71. The third kappa shape index (κ3) is 9.17. The van der Waals surface area contributed by atoms with Crippen LogP contribution in [0.25, 0.3) is 22.0 Å². The molecule has 5 aromatic rings. The van der Waals surface area contributed by atoms with Crippen LogP contribution in [0.3, 0.4) is 0 Å². The molecule has 12 heteroatoms. The second-order valence-electron chi connectivity index (χ2n) is 12.7. The highest BCUT2D eigenvalue weighted by molar-refractivity contribution is 7.98. The normalized spacial score (nSPS) is 16.1. The first-order valence-corrected chi connectivity index (χ1v) is 17.8. The van der Waals surface area contributed by atoms with Gasteiger partial charge in [-0.25, -0.2) is 8.78 Å². The minimum atomic E-state index is -4.48. The van der Waals surface area contributed by atoms with Crippen molar-refractivity contribution in [1.29, 1.82) is 0 Å². The maximum Gasteiger partial charge on any atom is 0.416 e. The van der Waals surface area contributed by atoms with Crippen LogP contribution in [0.1, 0.15) is 43.3 Å². The first kappa shape index (κ1) is 30.9. The zero-order valence-corrected chi connectivity index (χ0v) is 29.8. The summed E-state index contributed by atoms with van der Waals surface area (Å²) in [6.45, 7) is -0.152. The molecule has 4 aromatic carbocycles. The van der Waals surface area contributed by atoms with Gasteiger partial charge in [0.25, 0.3) is 0 Å². The predicted molar refractivity (Wildman–Crippen MR) is 198 cm³/mol. The SMILES string of the molecule is [2H]c1c(C)c([2H])c2c(c1[2H])c(=O)c([2H])c(SCc1cccc(F)c1F)n2CC(=O)N(Cc1ccc(-c2ccc(C(F)(F)F)cc2)cc1)C1CCN(CC([2H])([2H])OC)CC1. The fourth-order valence-electron chi connectivity index (χ4n) is 6.30. The maximum atomic E-state index is 14.8. The van der Waals surface area contributed by atoms with Crippen molar-refractivity contribution in [3.05, 3.63) is 135 Å². The molecule has 278 valence electrons. The molecular formula is C41H40F5N3O3S. The van der Waals surface area contributed by atoms with Gasteiger partial charge in [-0.1, -0.05) is 54.6 Å². The number of carbonyl (C=O) groups is 1. The van der Waals surface area contributed by atoms with Crippen molar-refractivity contribution in [2.75, 3.05) is 33.3 Å². The number of likely N-dealkylation sites (tertiary alicyclic amines) is 1. The number of nitrogens with zero attached hydrogens (tertiary/aromatic N) is 3. The van der Waals surface area contributed by atoms with Crippen LogP contribution in [0.4, 0.5) is 22.0 Å². The molecule has 1 aromatic heterocycles. The van der Waals surface area contributed by atoms with Gasteiger partial charge in [-0.3, -0.25) is 9.59 Å². The summed E-state index contributed by atoms with van der Waals surface area (Å²) in [5, 5.41) is -0.516. The number of piperidine rings is 1. The number of ether oxygens (including phenoxy) is 1. The summed E-state index contributed by atoms with van der Waals surface area (Å²) in [6.07, 6.45) is -3.64. The molecule has 2 heterocycles. The van der Waals surface area contributed by atoms with Gasteiger partial charge in [0.1, 0.15) is 6.54 Å². The summed E-state index contributed by atoms with van der Waals surface area (Å²) in [7, 11) is 1.28. The van der Waals surface area contributed by atoms with Crippen LogP contribution in [0.5, 0.6) is 0 Å². The number of halogens is 5. The Morgan fingerprint density at radius 2 is 1.68 bits per heavy atom. The molecule has 0 atom stereocenters. The molecule has 0 N–H and O–H groups in total. The van der Waals surface area contributed by atoms with Gasteiger partial charge in [-0.15, -0.1) is 11.8 Å². The van der Waals surface area contributed by atoms with Crippen molar-refractivity contribution in [2.45, 2.75) is 55.9 Å². The lowest BCUT2D eigenvalue weighted by Gasteiger charge is -2.39. The number of alkyl halides is 3. The van der Waals surface area contributed by atoms with Gasteiger partial charge in [0.05, 0.1) is 30.9 Å². The largest absolute Gasteiger partial charge is 0.416 e. The van der Waals surface area contributed by atoms with Crippen LogP contribution < -0.4 is 5.43 Å². The van der Waals surface area contributed by atoms with Crippen molar-refractivity contribution < 1.29 is 39.7 Å². The fraction of sp³-hybridized carbons (Fsp3) is 0.317. The molecule has 1 fully saturated rings. The van der Waals surface area contributed by atoms with Gasteiger partial charge in [0, 0.05) is 62.1 Å². The summed E-state index contributed by atoms with van der Waals surface area (Å²) >= 11 is 0.796. The zero-order chi connectivity index (χ0) is 43.0. The van der Waals surface area contributed by atoms with Gasteiger partial charge < -0.3 is 19.1 Å². The number of carbonyl (C=O) groups excluding carboxylic acids is 1. The second kappa shape index (κ2) is 16.7. The quantitative estimate of drug-likeness (QED) is 0.0943. The van der Waals surface area contributed by atoms with E-state index in [2.05, 4.69) is 0 Å². The Hall–Kier alpha value is -4.52. The second-order valence-corrected chi connectivity index (χ2v) is 13.7. The Morgan fingerprint density at radius 1 is 1.00 bits per heavy atom. The number of aromatic nitrogens is 1. The molecule has 0 radical (unpaired) electrons. The number of benzene rings is 4. The number of amides is 1. The van der Waals surface area contributed by atoms with E-state index in [-0.39, 0.29) is 52.6 Å². The van der Waals surface area contributed by atoms with Crippen LogP contribution in [0.15, 0.2) is 101 Å². The van der Waals surface area contributed by atoms with Crippen LogP contribution in [0, 0.1) is 18.6 Å². The van der Waals surface area contributed by atoms with E-state index in [4.69, 9.17) is 13.0 Å². The van der Waals surface area contributed by atoms with Crippen LogP contribution in [-0.4, -0.2) is 59.6 Å². The minimum absolute atomic E-state index is 0.00317. The smallest absolute Gasteiger partial charge is 0.383 e. The lowest BCUT2D eigenvalue weighted by atomic mass is 10.00. The lowest BCUT2D eigenvalue weighted by molar-refractivity contribution is -0.137. The number of thioether (sulfide) groups is 1. The highest BCUT2D eigenvalue weighted by atomic mass is 32.2. The van der Waals surface area contributed by atoms with E-state index >= 15 is 0 Å². The van der Waals surface area contributed by atoms with E-state index < -0.39 is 71.3 Å². The fourth-order valence-corrected chi connectivity index (χ4v) is 7.29. The number of pyridine rings is 1. The van der Waals surface area contributed by atoms with Crippen LogP contribution >= 0.6 is 11.8 Å². The summed E-state index contributed by atoms with van der Waals surface area (Å²) in [5.74, 6) is -2.99.